The number of thioether (sulfide) groups is 1. The Labute approximate surface area is 93.0 Å². The van der Waals surface area contributed by atoms with E-state index in [0.29, 0.717) is 5.92 Å². The molecule has 0 aliphatic rings. The number of nitrogens with two attached hydrogens (primary N) is 1. The van der Waals surface area contributed by atoms with Gasteiger partial charge in [0.05, 0.1) is 0 Å². The number of aromatic nitrogens is 1. The van der Waals surface area contributed by atoms with Crippen LogP contribution in [0.25, 0.3) is 11.1 Å². The number of anilines is 1. The number of oxazole rings is 1. The lowest BCUT2D eigenvalue weighted by Gasteiger charge is -1.98. The molecular weight excluding hydrogens is 208 g/mol. The first-order valence-electron chi connectivity index (χ1n) is 4.94. The molecule has 0 spiro atoms. The van der Waals surface area contributed by atoms with Gasteiger partial charge in [0, 0.05) is 11.4 Å². The molecule has 0 fully saturated rings. The van der Waals surface area contributed by atoms with Crippen molar-refractivity contribution >= 4 is 28.5 Å². The van der Waals surface area contributed by atoms with Crippen molar-refractivity contribution in [3.63, 3.8) is 0 Å². The van der Waals surface area contributed by atoms with Crippen molar-refractivity contribution in [2.24, 2.45) is 5.92 Å². The quantitative estimate of drug-likeness (QED) is 0.640. The lowest BCUT2D eigenvalue weighted by Crippen LogP contribution is -1.89. The lowest BCUT2D eigenvalue weighted by molar-refractivity contribution is 0.488. The van der Waals surface area contributed by atoms with Crippen molar-refractivity contribution in [3.8, 4) is 0 Å². The molecular formula is C11H14N2OS. The topological polar surface area (TPSA) is 52.0 Å². The molecule has 4 heteroatoms. The average molecular weight is 222 g/mol. The van der Waals surface area contributed by atoms with Gasteiger partial charge in [0.25, 0.3) is 5.22 Å². The van der Waals surface area contributed by atoms with E-state index in [1.165, 1.54) is 0 Å². The number of fused-ring (bicyclic) bond motifs is 1. The van der Waals surface area contributed by atoms with Crippen molar-refractivity contribution in [1.29, 1.82) is 0 Å². The van der Waals surface area contributed by atoms with Crippen LogP contribution in [-0.2, 0) is 0 Å². The van der Waals surface area contributed by atoms with Crippen molar-refractivity contribution in [2.45, 2.75) is 19.1 Å². The molecule has 80 valence electrons. The van der Waals surface area contributed by atoms with Gasteiger partial charge in [-0.15, -0.1) is 0 Å². The maximum Gasteiger partial charge on any atom is 0.256 e. The van der Waals surface area contributed by atoms with Crippen LogP contribution in [0.5, 0.6) is 0 Å². The molecule has 1 heterocycles. The summed E-state index contributed by atoms with van der Waals surface area (Å²) in [5, 5.41) is 0.726. The summed E-state index contributed by atoms with van der Waals surface area (Å²) in [5.41, 5.74) is 8.02. The zero-order chi connectivity index (χ0) is 10.8. The Bertz CT molecular complexity index is 465. The SMILES string of the molecule is CC(C)CSc1nc2cc(N)ccc2o1. The molecule has 2 N–H and O–H groups in total. The highest BCUT2D eigenvalue weighted by atomic mass is 32.2. The van der Waals surface area contributed by atoms with Gasteiger partial charge in [-0.25, -0.2) is 4.98 Å². The molecule has 1 aromatic carbocycles. The molecule has 2 aromatic rings. The van der Waals surface area contributed by atoms with Crippen LogP contribution in [0.15, 0.2) is 27.8 Å². The van der Waals surface area contributed by atoms with Crippen molar-refractivity contribution in [1.82, 2.24) is 4.98 Å². The van der Waals surface area contributed by atoms with Crippen LogP contribution in [0.3, 0.4) is 0 Å². The minimum atomic E-state index is 0.634. The number of nitrogen functional groups attached to an aromatic ring is 1. The van der Waals surface area contributed by atoms with Gasteiger partial charge in [-0.05, 0) is 24.1 Å². The molecule has 3 nitrogen and oxygen atoms in total. The largest absolute Gasteiger partial charge is 0.431 e. The molecule has 0 aliphatic carbocycles. The third kappa shape index (κ3) is 2.45. The molecule has 15 heavy (non-hydrogen) atoms. The van der Waals surface area contributed by atoms with E-state index in [9.17, 15) is 0 Å². The number of hydrogen-bond donors (Lipinski definition) is 1. The van der Waals surface area contributed by atoms with Gasteiger partial charge < -0.3 is 10.2 Å². The molecule has 0 radical (unpaired) electrons. The Hall–Kier alpha value is -1.16. The van der Waals surface area contributed by atoms with E-state index in [1.807, 2.05) is 18.2 Å². The second-order valence-electron chi connectivity index (χ2n) is 3.91. The third-order valence-electron chi connectivity index (χ3n) is 1.93. The van der Waals surface area contributed by atoms with Crippen LogP contribution in [0.1, 0.15) is 13.8 Å². The molecule has 0 amide bonds. The Morgan fingerprint density at radius 1 is 1.47 bits per heavy atom. The van der Waals surface area contributed by atoms with E-state index in [4.69, 9.17) is 10.2 Å². The van der Waals surface area contributed by atoms with Gasteiger partial charge in [0.15, 0.2) is 5.58 Å². The number of nitrogens with zero attached hydrogens (tertiary/aromatic N) is 1. The molecule has 0 bridgehead atoms. The first kappa shape index (κ1) is 10.4. The van der Waals surface area contributed by atoms with Crippen molar-refractivity contribution in [2.75, 3.05) is 11.5 Å². The van der Waals surface area contributed by atoms with Gasteiger partial charge in [0.1, 0.15) is 5.52 Å². The monoisotopic (exact) mass is 222 g/mol. The Morgan fingerprint density at radius 3 is 3.00 bits per heavy atom. The lowest BCUT2D eigenvalue weighted by atomic mass is 10.3. The highest BCUT2D eigenvalue weighted by molar-refractivity contribution is 7.99. The summed E-state index contributed by atoms with van der Waals surface area (Å²) >= 11 is 1.64. The fraction of sp³-hybridized carbons (Fsp3) is 0.364. The van der Waals surface area contributed by atoms with Crippen LogP contribution < -0.4 is 5.73 Å². The number of benzene rings is 1. The molecule has 0 unspecified atom stereocenters. The Kier molecular flexibility index (Phi) is 2.86. The van der Waals surface area contributed by atoms with Gasteiger partial charge in [0.2, 0.25) is 0 Å². The van der Waals surface area contributed by atoms with E-state index in [-0.39, 0.29) is 0 Å². The fourth-order valence-corrected chi connectivity index (χ4v) is 2.01. The van der Waals surface area contributed by atoms with Crippen molar-refractivity contribution in [3.05, 3.63) is 18.2 Å². The van der Waals surface area contributed by atoms with E-state index >= 15 is 0 Å². The Balaban J connectivity index is 2.23. The summed E-state index contributed by atoms with van der Waals surface area (Å²) in [5.74, 6) is 1.65. The highest BCUT2D eigenvalue weighted by Gasteiger charge is 2.07. The average Bonchev–Trinajstić information content (AvgIpc) is 2.56. The van der Waals surface area contributed by atoms with Crippen molar-refractivity contribution < 1.29 is 4.42 Å². The molecule has 1 aromatic heterocycles. The third-order valence-corrected chi connectivity index (χ3v) is 3.19. The minimum absolute atomic E-state index is 0.634. The Morgan fingerprint density at radius 2 is 2.27 bits per heavy atom. The van der Waals surface area contributed by atoms with Gasteiger partial charge >= 0.3 is 0 Å². The number of hydrogen-bond acceptors (Lipinski definition) is 4. The smallest absolute Gasteiger partial charge is 0.256 e. The highest BCUT2D eigenvalue weighted by Crippen LogP contribution is 2.25. The van der Waals surface area contributed by atoms with E-state index in [2.05, 4.69) is 18.8 Å². The van der Waals surface area contributed by atoms with Crippen LogP contribution in [0, 0.1) is 5.92 Å². The minimum Gasteiger partial charge on any atom is -0.431 e. The molecule has 0 aliphatic heterocycles. The summed E-state index contributed by atoms with van der Waals surface area (Å²) in [6, 6.07) is 5.51. The van der Waals surface area contributed by atoms with Crippen LogP contribution >= 0.6 is 11.8 Å². The first-order chi connectivity index (χ1) is 7.15. The normalized spacial score (nSPS) is 11.4. The predicted molar refractivity (Wildman–Crippen MR) is 64.0 cm³/mol. The summed E-state index contributed by atoms with van der Waals surface area (Å²) in [6.07, 6.45) is 0. The maximum atomic E-state index is 5.67. The van der Waals surface area contributed by atoms with Crippen LogP contribution in [-0.4, -0.2) is 10.7 Å². The summed E-state index contributed by atoms with van der Waals surface area (Å²) < 4.78 is 5.57. The van der Waals surface area contributed by atoms with Gasteiger partial charge in [-0.2, -0.15) is 0 Å². The van der Waals surface area contributed by atoms with E-state index < -0.39 is 0 Å². The number of rotatable bonds is 3. The first-order valence-corrected chi connectivity index (χ1v) is 5.92. The standard InChI is InChI=1S/C11H14N2OS/c1-7(2)6-15-11-13-9-5-8(12)3-4-10(9)14-11/h3-5,7H,6,12H2,1-2H3. The predicted octanol–water partition coefficient (Wildman–Crippen LogP) is 3.16. The second-order valence-corrected chi connectivity index (χ2v) is 4.88. The van der Waals surface area contributed by atoms with Gasteiger partial charge in [-0.3, -0.25) is 0 Å². The zero-order valence-electron chi connectivity index (χ0n) is 8.86. The maximum absolute atomic E-state index is 5.67. The zero-order valence-corrected chi connectivity index (χ0v) is 9.67. The summed E-state index contributed by atoms with van der Waals surface area (Å²) in [6.45, 7) is 4.35. The summed E-state index contributed by atoms with van der Waals surface area (Å²) in [7, 11) is 0. The fourth-order valence-electron chi connectivity index (χ4n) is 1.22. The van der Waals surface area contributed by atoms with Crippen LogP contribution in [0.4, 0.5) is 5.69 Å². The molecule has 2 rings (SSSR count). The molecule has 0 saturated carbocycles. The van der Waals surface area contributed by atoms with E-state index in [0.717, 1.165) is 27.8 Å². The summed E-state index contributed by atoms with van der Waals surface area (Å²) in [4.78, 5) is 4.36. The second kappa shape index (κ2) is 4.14. The molecule has 0 atom stereocenters. The molecule has 0 saturated heterocycles. The van der Waals surface area contributed by atoms with E-state index in [1.54, 1.807) is 11.8 Å². The van der Waals surface area contributed by atoms with Gasteiger partial charge in [-0.1, -0.05) is 25.6 Å². The van der Waals surface area contributed by atoms with Crippen LogP contribution in [0.2, 0.25) is 0 Å².